The number of piperazine rings is 1. The van der Waals surface area contributed by atoms with Crippen LogP contribution in [0.5, 0.6) is 0 Å². The van der Waals surface area contributed by atoms with Crippen molar-refractivity contribution in [3.8, 4) is 0 Å². The predicted molar refractivity (Wildman–Crippen MR) is 127 cm³/mol. The summed E-state index contributed by atoms with van der Waals surface area (Å²) in [7, 11) is 0. The van der Waals surface area contributed by atoms with Crippen LogP contribution in [0, 0.1) is 27.7 Å². The summed E-state index contributed by atoms with van der Waals surface area (Å²) in [6.07, 6.45) is 0. The summed E-state index contributed by atoms with van der Waals surface area (Å²) in [6, 6.07) is 17.5. The third-order valence-corrected chi connectivity index (χ3v) is 6.04. The molecule has 0 amide bonds. The van der Waals surface area contributed by atoms with E-state index in [2.05, 4.69) is 0 Å². The minimum atomic E-state index is -2.96. The van der Waals surface area contributed by atoms with Crippen LogP contribution in [0.1, 0.15) is 33.2 Å². The summed E-state index contributed by atoms with van der Waals surface area (Å²) in [4.78, 5) is 2.66. The van der Waals surface area contributed by atoms with E-state index < -0.39 is 26.0 Å². The molecule has 2 nitrogen and oxygen atoms in total. The SMILES string of the molecule is [2H]C1([2H])N(c2ccc(C)cc2C)C([2H])([2H])C([2H])([2H])N(c2ccccc2Sc2ccc(C)cc2C)C1([2H])[2H]. The maximum atomic E-state index is 8.96. The lowest BCUT2D eigenvalue weighted by Crippen LogP contribution is -2.46. The van der Waals surface area contributed by atoms with Gasteiger partial charge in [0, 0.05) is 41.5 Å². The van der Waals surface area contributed by atoms with Crippen molar-refractivity contribution < 1.29 is 11.0 Å². The van der Waals surface area contributed by atoms with Gasteiger partial charge in [0.25, 0.3) is 0 Å². The Balaban J connectivity index is 1.90. The predicted octanol–water partition coefficient (Wildman–Crippen LogP) is 6.40. The second kappa shape index (κ2) is 8.54. The van der Waals surface area contributed by atoms with Crippen LogP contribution in [-0.2, 0) is 0 Å². The van der Waals surface area contributed by atoms with E-state index in [4.69, 9.17) is 11.0 Å². The van der Waals surface area contributed by atoms with Crippen molar-refractivity contribution in [1.82, 2.24) is 0 Å². The summed E-state index contributed by atoms with van der Waals surface area (Å²) in [6.45, 7) is -4.34. The molecule has 0 radical (unpaired) electrons. The fourth-order valence-electron chi connectivity index (χ4n) is 3.31. The number of anilines is 2. The van der Waals surface area contributed by atoms with Crippen molar-refractivity contribution >= 4 is 23.1 Å². The van der Waals surface area contributed by atoms with Crippen molar-refractivity contribution in [2.45, 2.75) is 37.5 Å². The average molecular weight is 411 g/mol. The van der Waals surface area contributed by atoms with Gasteiger partial charge in [0.15, 0.2) is 0 Å². The molecule has 3 aromatic rings. The van der Waals surface area contributed by atoms with Crippen molar-refractivity contribution in [2.24, 2.45) is 0 Å². The Morgan fingerprint density at radius 1 is 0.655 bits per heavy atom. The third kappa shape index (κ3) is 4.45. The summed E-state index contributed by atoms with van der Waals surface area (Å²) in [5, 5.41) is 0. The fourth-order valence-corrected chi connectivity index (χ4v) is 4.32. The van der Waals surface area contributed by atoms with Crippen LogP contribution in [0.2, 0.25) is 0 Å². The summed E-state index contributed by atoms with van der Waals surface area (Å²) in [5.74, 6) is 0. The molecule has 1 heterocycles. The molecule has 150 valence electrons. The van der Waals surface area contributed by atoms with Gasteiger partial charge in [-0.15, -0.1) is 0 Å². The largest absolute Gasteiger partial charge is 0.368 e. The zero-order valence-electron chi connectivity index (χ0n) is 25.1. The molecule has 0 N–H and O–H groups in total. The standard InChI is InChI=1S/C26H30N2S/c1-19-9-11-23(21(3)17-19)27-13-15-28(16-14-27)24-7-5-6-8-26(24)29-25-12-10-20(2)18-22(25)4/h5-12,17-18H,13-16H2,1-4H3/i13D2,14D2,15D2,16D2. The van der Waals surface area contributed by atoms with Gasteiger partial charge in [-0.1, -0.05) is 59.3 Å². The number of hydrogen-bond donors (Lipinski definition) is 0. The van der Waals surface area contributed by atoms with E-state index in [1.165, 1.54) is 23.9 Å². The molecule has 3 heteroatoms. The number of para-hydroxylation sites is 1. The number of nitrogens with zero attached hydrogens (tertiary/aromatic N) is 2. The van der Waals surface area contributed by atoms with Gasteiger partial charge in [-0.3, -0.25) is 0 Å². The van der Waals surface area contributed by atoms with E-state index in [0.29, 0.717) is 20.3 Å². The van der Waals surface area contributed by atoms with Gasteiger partial charge in [0.1, 0.15) is 0 Å². The molecule has 0 spiro atoms. The molecule has 0 saturated carbocycles. The molecule has 29 heavy (non-hydrogen) atoms. The molecule has 4 rings (SSSR count). The second-order valence-corrected chi connectivity index (χ2v) is 8.33. The minimum Gasteiger partial charge on any atom is -0.368 e. The first-order valence-corrected chi connectivity index (χ1v) is 10.4. The maximum Gasteiger partial charge on any atom is 0.0511 e. The summed E-state index contributed by atoms with van der Waals surface area (Å²) < 4.78 is 71.4. The lowest BCUT2D eigenvalue weighted by atomic mass is 10.1. The van der Waals surface area contributed by atoms with Gasteiger partial charge in [0.2, 0.25) is 0 Å². The van der Waals surface area contributed by atoms with E-state index in [9.17, 15) is 0 Å². The van der Waals surface area contributed by atoms with Gasteiger partial charge < -0.3 is 9.80 Å². The maximum absolute atomic E-state index is 8.96. The van der Waals surface area contributed by atoms with E-state index in [-0.39, 0.29) is 11.4 Å². The van der Waals surface area contributed by atoms with Gasteiger partial charge in [-0.05, 0) is 63.1 Å². The molecule has 0 bridgehead atoms. The highest BCUT2D eigenvalue weighted by Gasteiger charge is 2.20. The van der Waals surface area contributed by atoms with E-state index in [0.717, 1.165) is 21.6 Å². The first-order chi connectivity index (χ1) is 17.0. The van der Waals surface area contributed by atoms with Crippen LogP contribution in [0.15, 0.2) is 70.5 Å². The Morgan fingerprint density at radius 2 is 1.24 bits per heavy atom. The average Bonchev–Trinajstić information content (AvgIpc) is 2.77. The Morgan fingerprint density at radius 3 is 1.90 bits per heavy atom. The van der Waals surface area contributed by atoms with Gasteiger partial charge in [0.05, 0.1) is 16.7 Å². The smallest absolute Gasteiger partial charge is 0.0511 e. The van der Waals surface area contributed by atoms with Gasteiger partial charge in [-0.2, -0.15) is 0 Å². The lowest BCUT2D eigenvalue weighted by Gasteiger charge is -2.38. The van der Waals surface area contributed by atoms with Crippen molar-refractivity contribution in [3.05, 3.63) is 82.9 Å². The first-order valence-electron chi connectivity index (χ1n) is 13.6. The highest BCUT2D eigenvalue weighted by Crippen LogP contribution is 2.37. The van der Waals surface area contributed by atoms with Crippen molar-refractivity contribution in [3.63, 3.8) is 0 Å². The second-order valence-electron chi connectivity index (χ2n) is 7.25. The number of rotatable bonds is 4. The van der Waals surface area contributed by atoms with Crippen molar-refractivity contribution in [2.75, 3.05) is 35.8 Å². The first kappa shape index (κ1) is 12.3. The summed E-state index contributed by atoms with van der Waals surface area (Å²) >= 11 is 1.31. The minimum absolute atomic E-state index is 0.0792. The van der Waals surface area contributed by atoms with E-state index in [1.54, 1.807) is 37.3 Å². The van der Waals surface area contributed by atoms with Crippen LogP contribution in [0.4, 0.5) is 11.4 Å². The van der Waals surface area contributed by atoms with Gasteiger partial charge in [-0.25, -0.2) is 0 Å². The van der Waals surface area contributed by atoms with Gasteiger partial charge >= 0.3 is 0 Å². The number of aryl methyl sites for hydroxylation is 4. The van der Waals surface area contributed by atoms with E-state index in [1.807, 2.05) is 39.0 Å². The Hall–Kier alpha value is -2.39. The lowest BCUT2D eigenvalue weighted by molar-refractivity contribution is 0.649. The molecule has 0 unspecified atom stereocenters. The topological polar surface area (TPSA) is 6.48 Å². The molecule has 0 atom stereocenters. The highest BCUT2D eigenvalue weighted by molar-refractivity contribution is 7.99. The Bertz CT molecular complexity index is 1310. The quantitative estimate of drug-likeness (QED) is 0.491. The summed E-state index contributed by atoms with van der Waals surface area (Å²) in [5.41, 5.74) is 3.67. The monoisotopic (exact) mass is 410 g/mol. The normalized spacial score (nSPS) is 25.4. The van der Waals surface area contributed by atoms with Crippen LogP contribution in [0.25, 0.3) is 0 Å². The van der Waals surface area contributed by atoms with Crippen LogP contribution in [-0.4, -0.2) is 26.0 Å². The molecular formula is C26H30N2S. The molecule has 1 saturated heterocycles. The van der Waals surface area contributed by atoms with Crippen LogP contribution < -0.4 is 9.80 Å². The van der Waals surface area contributed by atoms with Crippen molar-refractivity contribution in [1.29, 1.82) is 0 Å². The fraction of sp³-hybridized carbons (Fsp3) is 0.308. The molecular weight excluding hydrogens is 372 g/mol. The molecule has 0 aromatic heterocycles. The molecule has 1 aliphatic rings. The Kier molecular flexibility index (Phi) is 3.63. The molecule has 1 fully saturated rings. The highest BCUT2D eigenvalue weighted by atomic mass is 32.2. The molecule has 3 aromatic carbocycles. The third-order valence-electron chi connectivity index (χ3n) is 4.80. The number of benzene rings is 3. The zero-order chi connectivity index (χ0) is 27.6. The number of hydrogen-bond acceptors (Lipinski definition) is 3. The molecule has 1 aliphatic heterocycles. The van der Waals surface area contributed by atoms with Crippen LogP contribution in [0.3, 0.4) is 0 Å². The zero-order valence-corrected chi connectivity index (χ0v) is 17.9. The Labute approximate surface area is 190 Å². The van der Waals surface area contributed by atoms with E-state index >= 15 is 0 Å². The molecule has 0 aliphatic carbocycles. The van der Waals surface area contributed by atoms with Crippen LogP contribution >= 0.6 is 11.8 Å².